The zero-order valence-corrected chi connectivity index (χ0v) is 9.93. The van der Waals surface area contributed by atoms with Crippen molar-refractivity contribution in [1.82, 2.24) is 0 Å². The molecule has 0 heterocycles. The van der Waals surface area contributed by atoms with E-state index in [4.69, 9.17) is 0 Å². The van der Waals surface area contributed by atoms with Crippen molar-refractivity contribution in [2.45, 2.75) is 40.5 Å². The average molecular weight is 190 g/mol. The van der Waals surface area contributed by atoms with Crippen LogP contribution < -0.4 is 0 Å². The van der Waals surface area contributed by atoms with Gasteiger partial charge in [0.15, 0.2) is 0 Å². The Labute approximate surface area is 88.7 Å². The van der Waals surface area contributed by atoms with Gasteiger partial charge in [0, 0.05) is 0 Å². The molecule has 0 saturated heterocycles. The molecule has 0 aliphatic heterocycles. The van der Waals surface area contributed by atoms with Gasteiger partial charge in [-0.1, -0.05) is 43.7 Å². The largest absolute Gasteiger partial charge is 0.103 e. The summed E-state index contributed by atoms with van der Waals surface area (Å²) < 4.78 is 0. The molecule has 0 aliphatic carbocycles. The minimum absolute atomic E-state index is 1.07. The molecule has 1 rings (SSSR count). The quantitative estimate of drug-likeness (QED) is 0.618. The number of allylic oxidation sites excluding steroid dienone is 1. The van der Waals surface area contributed by atoms with E-state index in [1.165, 1.54) is 16.7 Å². The van der Waals surface area contributed by atoms with Gasteiger partial charge in [-0.25, -0.2) is 0 Å². The van der Waals surface area contributed by atoms with Crippen molar-refractivity contribution in [3.8, 4) is 0 Å². The minimum atomic E-state index is 1.07. The Bertz CT molecular complexity index is 271. The highest BCUT2D eigenvalue weighted by molar-refractivity contribution is 5.30. The molecule has 0 aromatic heterocycles. The van der Waals surface area contributed by atoms with Crippen LogP contribution in [-0.2, 0) is 6.42 Å². The maximum Gasteiger partial charge on any atom is -0.0242 e. The van der Waals surface area contributed by atoms with Gasteiger partial charge in [-0.2, -0.15) is 0 Å². The van der Waals surface area contributed by atoms with Crippen LogP contribution >= 0.6 is 0 Å². The van der Waals surface area contributed by atoms with E-state index in [2.05, 4.69) is 38.6 Å². The molecule has 0 amide bonds. The van der Waals surface area contributed by atoms with Gasteiger partial charge in [-0.15, -0.1) is 6.58 Å². The van der Waals surface area contributed by atoms with Crippen LogP contribution in [0.3, 0.4) is 0 Å². The Hall–Kier alpha value is -1.04. The smallest absolute Gasteiger partial charge is 0.0242 e. The van der Waals surface area contributed by atoms with Gasteiger partial charge in [-0.3, -0.25) is 0 Å². The number of rotatable bonds is 3. The van der Waals surface area contributed by atoms with Gasteiger partial charge in [0.05, 0.1) is 0 Å². The third-order valence-electron chi connectivity index (χ3n) is 2.12. The summed E-state index contributed by atoms with van der Waals surface area (Å²) in [6.45, 7) is 12.0. The lowest BCUT2D eigenvalue weighted by atomic mass is 10.0. The molecule has 0 N–H and O–H groups in total. The average Bonchev–Trinajstić information content (AvgIpc) is 2.20. The summed E-state index contributed by atoms with van der Waals surface area (Å²) in [7, 11) is 0. The minimum Gasteiger partial charge on any atom is -0.103 e. The van der Waals surface area contributed by atoms with Crippen LogP contribution in [0.15, 0.2) is 30.9 Å². The zero-order chi connectivity index (χ0) is 11.0. The molecule has 1 aromatic rings. The van der Waals surface area contributed by atoms with Crippen LogP contribution in [0.5, 0.6) is 0 Å². The van der Waals surface area contributed by atoms with Crippen molar-refractivity contribution >= 4 is 0 Å². The Balaban J connectivity index is 0.000000791. The molecule has 0 atom stereocenters. The summed E-state index contributed by atoms with van der Waals surface area (Å²) in [5.74, 6) is 0. The van der Waals surface area contributed by atoms with E-state index in [1.807, 2.05) is 19.9 Å². The van der Waals surface area contributed by atoms with Gasteiger partial charge >= 0.3 is 0 Å². The normalized spacial score (nSPS) is 8.86. The molecule has 0 unspecified atom stereocenters. The van der Waals surface area contributed by atoms with E-state index in [1.54, 1.807) is 0 Å². The fraction of sp³-hybridized carbons (Fsp3) is 0.429. The summed E-state index contributed by atoms with van der Waals surface area (Å²) in [6.07, 6.45) is 4.17. The Morgan fingerprint density at radius 3 is 2.36 bits per heavy atom. The van der Waals surface area contributed by atoms with Crippen LogP contribution in [0.25, 0.3) is 0 Å². The molecule has 0 fully saturated rings. The predicted molar refractivity (Wildman–Crippen MR) is 65.8 cm³/mol. The second kappa shape index (κ2) is 7.37. The lowest BCUT2D eigenvalue weighted by molar-refractivity contribution is 0.987. The molecule has 78 valence electrons. The summed E-state index contributed by atoms with van der Waals surface area (Å²) in [4.78, 5) is 0. The van der Waals surface area contributed by atoms with E-state index in [9.17, 15) is 0 Å². The third-order valence-corrected chi connectivity index (χ3v) is 2.12. The number of hydrogen-bond acceptors (Lipinski definition) is 0. The van der Waals surface area contributed by atoms with Crippen molar-refractivity contribution in [2.24, 2.45) is 0 Å². The van der Waals surface area contributed by atoms with Crippen molar-refractivity contribution in [3.05, 3.63) is 47.5 Å². The molecular weight excluding hydrogens is 168 g/mol. The van der Waals surface area contributed by atoms with Crippen LogP contribution in [0.2, 0.25) is 0 Å². The Morgan fingerprint density at radius 1 is 1.21 bits per heavy atom. The first kappa shape index (κ1) is 13.0. The molecule has 0 nitrogen and oxygen atoms in total. The van der Waals surface area contributed by atoms with E-state index in [0.717, 1.165) is 12.8 Å². The first-order valence-electron chi connectivity index (χ1n) is 5.41. The van der Waals surface area contributed by atoms with E-state index in [0.29, 0.717) is 0 Å². The van der Waals surface area contributed by atoms with Crippen LogP contribution in [0.1, 0.15) is 37.0 Å². The van der Waals surface area contributed by atoms with Crippen molar-refractivity contribution in [3.63, 3.8) is 0 Å². The fourth-order valence-electron chi connectivity index (χ4n) is 1.38. The number of benzene rings is 1. The molecule has 0 bridgehead atoms. The molecular formula is C14H22. The van der Waals surface area contributed by atoms with Crippen LogP contribution in [0.4, 0.5) is 0 Å². The highest BCUT2D eigenvalue weighted by Gasteiger charge is 1.96. The van der Waals surface area contributed by atoms with Crippen molar-refractivity contribution < 1.29 is 0 Å². The van der Waals surface area contributed by atoms with Gasteiger partial charge in [0.1, 0.15) is 0 Å². The fourth-order valence-corrected chi connectivity index (χ4v) is 1.38. The molecule has 1 aromatic carbocycles. The third kappa shape index (κ3) is 4.27. The van der Waals surface area contributed by atoms with Crippen molar-refractivity contribution in [2.75, 3.05) is 0 Å². The van der Waals surface area contributed by atoms with E-state index < -0.39 is 0 Å². The lowest BCUT2D eigenvalue weighted by Gasteiger charge is -2.04. The topological polar surface area (TPSA) is 0 Å². The summed E-state index contributed by atoms with van der Waals surface area (Å²) in [5.41, 5.74) is 4.19. The van der Waals surface area contributed by atoms with Crippen LogP contribution in [-0.4, -0.2) is 0 Å². The number of aryl methyl sites for hydroxylation is 3. The molecule has 0 spiro atoms. The first-order chi connectivity index (χ1) is 6.74. The summed E-state index contributed by atoms with van der Waals surface area (Å²) >= 11 is 0. The van der Waals surface area contributed by atoms with Gasteiger partial charge in [0.25, 0.3) is 0 Å². The van der Waals surface area contributed by atoms with Crippen LogP contribution in [0, 0.1) is 13.8 Å². The Morgan fingerprint density at radius 2 is 1.86 bits per heavy atom. The Kier molecular flexibility index (Phi) is 6.82. The standard InChI is InChI=1S/C12H16.C2H6/c1-4-5-6-12-8-7-10(2)9-11(12)3;1-2/h4,7-9H,1,5-6H2,2-3H3;1-2H3. The summed E-state index contributed by atoms with van der Waals surface area (Å²) in [5, 5.41) is 0. The number of hydrogen-bond donors (Lipinski definition) is 0. The van der Waals surface area contributed by atoms with Crippen molar-refractivity contribution in [1.29, 1.82) is 0 Å². The molecule has 0 heteroatoms. The van der Waals surface area contributed by atoms with Gasteiger partial charge in [0.2, 0.25) is 0 Å². The maximum atomic E-state index is 3.72. The van der Waals surface area contributed by atoms with E-state index >= 15 is 0 Å². The highest BCUT2D eigenvalue weighted by Crippen LogP contribution is 2.12. The summed E-state index contributed by atoms with van der Waals surface area (Å²) in [6, 6.07) is 6.62. The predicted octanol–water partition coefficient (Wildman–Crippen LogP) is 4.45. The van der Waals surface area contributed by atoms with E-state index in [-0.39, 0.29) is 0 Å². The van der Waals surface area contributed by atoms with Gasteiger partial charge in [-0.05, 0) is 37.8 Å². The first-order valence-corrected chi connectivity index (χ1v) is 5.41. The lowest BCUT2D eigenvalue weighted by Crippen LogP contribution is -1.88. The highest BCUT2D eigenvalue weighted by atomic mass is 14.0. The molecule has 0 radical (unpaired) electrons. The van der Waals surface area contributed by atoms with Gasteiger partial charge < -0.3 is 0 Å². The second-order valence-corrected chi connectivity index (χ2v) is 3.26. The maximum absolute atomic E-state index is 3.72. The molecule has 14 heavy (non-hydrogen) atoms. The molecule has 0 saturated carbocycles. The second-order valence-electron chi connectivity index (χ2n) is 3.26. The molecule has 0 aliphatic rings. The SMILES string of the molecule is C=CCCc1ccc(C)cc1C.CC. The monoisotopic (exact) mass is 190 g/mol. The zero-order valence-electron chi connectivity index (χ0n) is 9.93.